The van der Waals surface area contributed by atoms with Gasteiger partial charge in [0.1, 0.15) is 36.6 Å². The molecule has 0 aromatic carbocycles. The minimum Gasteiger partial charge on any atom is -0.387 e. The number of phosphoric ester groups is 4. The molecule has 0 heterocycles. The van der Waals surface area contributed by atoms with E-state index in [-0.39, 0.29) is 0 Å². The van der Waals surface area contributed by atoms with E-state index in [9.17, 15) is 56.8 Å². The van der Waals surface area contributed by atoms with Crippen molar-refractivity contribution < 1.29 is 127 Å². The van der Waals surface area contributed by atoms with Crippen molar-refractivity contribution in [1.82, 2.24) is 0 Å². The molecule has 0 spiro atoms. The van der Waals surface area contributed by atoms with Gasteiger partial charge in [0.25, 0.3) is 0 Å². The maximum Gasteiger partial charge on any atom is 0.481 e. The molecule has 3 unspecified atom stereocenters. The summed E-state index contributed by atoms with van der Waals surface area (Å²) in [5.74, 6) is 0. The van der Waals surface area contributed by atoms with Crippen molar-refractivity contribution in [2.45, 2.75) is 36.6 Å². The summed E-state index contributed by atoms with van der Waals surface area (Å²) in [5, 5.41) is 20.9. The van der Waals surface area contributed by atoms with Gasteiger partial charge in [-0.25, -0.2) is 32.0 Å². The molecule has 1 aliphatic rings. The summed E-state index contributed by atoms with van der Waals surface area (Å²) in [6, 6.07) is 0. The molecule has 40 heavy (non-hydrogen) atoms. The Balaban J connectivity index is 3.76. The predicted molar refractivity (Wildman–Crippen MR) is 112 cm³/mol. The van der Waals surface area contributed by atoms with E-state index in [2.05, 4.69) is 31.0 Å². The first-order valence-corrected chi connectivity index (χ1v) is 19.4. The van der Waals surface area contributed by atoms with E-state index >= 15 is 0 Å². The molecule has 9 atom stereocenters. The van der Waals surface area contributed by atoms with Gasteiger partial charge in [0.15, 0.2) is 0 Å². The van der Waals surface area contributed by atoms with Crippen LogP contribution in [0, 0.1) is 0 Å². The molecular weight excluding hydrogens is 721 g/mol. The molecule has 0 bridgehead atoms. The predicted octanol–water partition coefficient (Wildman–Crippen LogP) is -3.02. The highest BCUT2D eigenvalue weighted by Crippen LogP contribution is 2.64. The Kier molecular flexibility index (Phi) is 12.7. The topological polar surface area (TPSA) is 447 Å². The maximum absolute atomic E-state index is 12.1. The Morgan fingerprint density at radius 1 is 0.350 bits per heavy atom. The van der Waals surface area contributed by atoms with Crippen LogP contribution in [0.4, 0.5) is 0 Å². The lowest BCUT2D eigenvalue weighted by atomic mass is 9.85. The largest absolute Gasteiger partial charge is 0.481 e. The van der Waals surface area contributed by atoms with Gasteiger partial charge in [-0.2, -0.15) is 12.9 Å². The maximum atomic E-state index is 12.1. The van der Waals surface area contributed by atoms with Gasteiger partial charge in [0.05, 0.1) is 0 Å². The number of aliphatic hydroxyl groups excluding tert-OH is 2. The summed E-state index contributed by atoms with van der Waals surface area (Å²) in [6.45, 7) is 0. The summed E-state index contributed by atoms with van der Waals surface area (Å²) in [7, 11) is -42.8. The molecule has 0 aromatic heterocycles. The molecule has 1 aliphatic carbocycles. The summed E-state index contributed by atoms with van der Waals surface area (Å²) in [4.78, 5) is 99.3. The Morgan fingerprint density at radius 2 is 0.600 bits per heavy atom. The molecule has 1 rings (SSSR count). The van der Waals surface area contributed by atoms with Crippen LogP contribution in [0.2, 0.25) is 0 Å². The summed E-state index contributed by atoms with van der Waals surface area (Å²) >= 11 is 0. The average molecular weight is 740 g/mol. The van der Waals surface area contributed by atoms with Crippen LogP contribution in [0.15, 0.2) is 0 Å². The van der Waals surface area contributed by atoms with Crippen LogP contribution in [-0.2, 0) is 63.0 Å². The van der Waals surface area contributed by atoms with Crippen LogP contribution >= 0.6 is 54.8 Å². The highest BCUT2D eigenvalue weighted by molar-refractivity contribution is 7.61. The van der Waals surface area contributed by atoms with Crippen molar-refractivity contribution in [3.05, 3.63) is 0 Å². The van der Waals surface area contributed by atoms with Gasteiger partial charge < -0.3 is 64.0 Å². The second-order valence-corrected chi connectivity index (χ2v) is 16.4. The Bertz CT molecular complexity index is 1230. The Labute approximate surface area is 219 Å². The number of aliphatic hydroxyl groups is 2. The summed E-state index contributed by atoms with van der Waals surface area (Å²) in [6.07, 6.45) is -19.0. The molecule has 34 heteroatoms. The highest BCUT2D eigenvalue weighted by Gasteiger charge is 2.60. The lowest BCUT2D eigenvalue weighted by molar-refractivity contribution is -0.208. The van der Waals surface area contributed by atoms with E-state index in [1.807, 2.05) is 0 Å². The van der Waals surface area contributed by atoms with Crippen LogP contribution in [0.3, 0.4) is 0 Å². The highest BCUT2D eigenvalue weighted by atomic mass is 31.3. The molecule has 240 valence electrons. The van der Waals surface area contributed by atoms with Crippen molar-refractivity contribution in [3.63, 3.8) is 0 Å². The molecule has 0 saturated heterocycles. The number of hydrogen-bond donors (Lipinski definition) is 13. The van der Waals surface area contributed by atoms with Gasteiger partial charge in [-0.05, 0) is 0 Å². The van der Waals surface area contributed by atoms with Gasteiger partial charge in [-0.15, -0.1) is 0 Å². The Morgan fingerprint density at radius 3 is 0.875 bits per heavy atom. The van der Waals surface area contributed by atoms with Gasteiger partial charge in [0.2, 0.25) is 0 Å². The zero-order chi connectivity index (χ0) is 31.9. The van der Waals surface area contributed by atoms with Crippen LogP contribution in [0.5, 0.6) is 0 Å². The summed E-state index contributed by atoms with van der Waals surface area (Å²) < 4.78 is 107. The van der Waals surface area contributed by atoms with Gasteiger partial charge in [-0.1, -0.05) is 0 Å². The van der Waals surface area contributed by atoms with Crippen molar-refractivity contribution >= 4 is 54.8 Å². The molecule has 0 amide bonds. The third-order valence-corrected chi connectivity index (χ3v) is 10.7. The normalized spacial score (nSPS) is 31.6. The van der Waals surface area contributed by atoms with E-state index < -0.39 is 91.4 Å². The van der Waals surface area contributed by atoms with Gasteiger partial charge >= 0.3 is 54.8 Å². The third-order valence-electron chi connectivity index (χ3n) is 3.65. The fraction of sp³-hybridized carbons (Fsp3) is 1.00. The van der Waals surface area contributed by atoms with Crippen LogP contribution in [-0.4, -0.2) is 101 Å². The number of hydrogen-bond acceptors (Lipinski definition) is 16. The first-order valence-electron chi connectivity index (χ1n) is 8.76. The zero-order valence-corrected chi connectivity index (χ0v) is 24.4. The van der Waals surface area contributed by atoms with Crippen molar-refractivity contribution in [1.29, 1.82) is 0 Å². The first kappa shape index (κ1) is 38.8. The monoisotopic (exact) mass is 740 g/mol. The second-order valence-electron chi connectivity index (χ2n) is 6.87. The average Bonchev–Trinajstić information content (AvgIpc) is 2.58. The number of phosphoric acid groups is 7. The quantitative estimate of drug-likeness (QED) is 0.0788. The van der Waals surface area contributed by atoms with Crippen molar-refractivity contribution in [3.8, 4) is 0 Å². The van der Waals surface area contributed by atoms with E-state index in [0.29, 0.717) is 0 Å². The molecule has 1 fully saturated rings. The molecule has 0 aromatic rings. The minimum atomic E-state index is -6.32. The standard InChI is InChI=1S/C6H19O27P7/c7-1-3(28-38(21,22)31-35(12,13)14)2(8)5(29-39(23,24)32-36(15,16)17)6(4(1)27-34(9,10)11)30-40(25,26)33-37(18,19)20/h1-8H,(H,21,22)(H,23,24)(H,25,26)(H2,9,10,11)(H2,12,13,14)(H2,15,16,17)(H2,18,19,20)/t1-,2+,3+,4+,5-,6-/m0/s1. The molecule has 0 aliphatic heterocycles. The first-order chi connectivity index (χ1) is 17.3. The fourth-order valence-corrected chi connectivity index (χ4v) is 8.63. The zero-order valence-electron chi connectivity index (χ0n) is 18.1. The van der Waals surface area contributed by atoms with Crippen LogP contribution < -0.4 is 0 Å². The third kappa shape index (κ3) is 14.1. The molecule has 1 saturated carbocycles. The van der Waals surface area contributed by atoms with Gasteiger partial charge in [-0.3, -0.25) is 18.1 Å². The van der Waals surface area contributed by atoms with E-state index in [4.69, 9.17) is 39.1 Å². The van der Waals surface area contributed by atoms with Crippen LogP contribution in [0.1, 0.15) is 0 Å². The fourth-order valence-electron chi connectivity index (χ4n) is 2.72. The van der Waals surface area contributed by atoms with Gasteiger partial charge in [0, 0.05) is 0 Å². The smallest absolute Gasteiger partial charge is 0.387 e. The van der Waals surface area contributed by atoms with E-state index in [1.54, 1.807) is 0 Å². The molecular formula is C6H19O27P7. The SMILES string of the molecule is O=P(O)(O)O[C@@H]1[C@@H](O)[C@@H](OP(=O)(O)OP(=O)(O)O)[C@@H](O)[C@H](OP(=O)(O)OP(=O)(O)O)[C@H]1OP(=O)(O)OP(=O)(O)O. The molecule has 0 radical (unpaired) electrons. The van der Waals surface area contributed by atoms with E-state index in [0.717, 1.165) is 0 Å². The molecule has 27 nitrogen and oxygen atoms in total. The lowest BCUT2D eigenvalue weighted by Crippen LogP contribution is -2.65. The van der Waals surface area contributed by atoms with Crippen molar-refractivity contribution in [2.24, 2.45) is 0 Å². The van der Waals surface area contributed by atoms with Crippen LogP contribution in [0.25, 0.3) is 0 Å². The molecule has 13 N–H and O–H groups in total. The lowest BCUT2D eigenvalue weighted by Gasteiger charge is -2.46. The summed E-state index contributed by atoms with van der Waals surface area (Å²) in [5.41, 5.74) is 0. The van der Waals surface area contributed by atoms with E-state index in [1.165, 1.54) is 0 Å². The van der Waals surface area contributed by atoms with Crippen molar-refractivity contribution in [2.75, 3.05) is 0 Å². The second kappa shape index (κ2) is 13.0. The Hall–Kier alpha value is 0.810. The number of rotatable bonds is 14. The minimum absolute atomic E-state index is 3.08.